The average Bonchev–Trinajstić information content (AvgIpc) is 3.27. The zero-order chi connectivity index (χ0) is 22.1. The van der Waals surface area contributed by atoms with Crippen molar-refractivity contribution in [1.82, 2.24) is 15.0 Å². The van der Waals surface area contributed by atoms with Crippen molar-refractivity contribution < 1.29 is 9.47 Å². The molecule has 2 N–H and O–H groups in total. The average molecular weight is 423 g/mol. The number of benzene rings is 2. The Balaban J connectivity index is 1.54. The minimum Gasteiger partial charge on any atom is -0.618 e. The Bertz CT molecular complexity index is 1470. The Labute approximate surface area is 184 Å². The van der Waals surface area contributed by atoms with Gasteiger partial charge in [0.1, 0.15) is 17.9 Å². The molecule has 7 heteroatoms. The number of hydrogen-bond donors (Lipinski definition) is 2. The number of H-pyrrole nitrogens is 1. The Morgan fingerprint density at radius 3 is 2.81 bits per heavy atom. The molecule has 7 nitrogen and oxygen atoms in total. The van der Waals surface area contributed by atoms with Gasteiger partial charge in [-0.2, -0.15) is 4.73 Å². The van der Waals surface area contributed by atoms with Gasteiger partial charge in [-0.1, -0.05) is 6.08 Å². The van der Waals surface area contributed by atoms with Crippen LogP contribution in [-0.4, -0.2) is 22.1 Å². The first-order chi connectivity index (χ1) is 15.6. The highest BCUT2D eigenvalue weighted by atomic mass is 16.5. The van der Waals surface area contributed by atoms with Gasteiger partial charge in [0.25, 0.3) is 0 Å². The summed E-state index contributed by atoms with van der Waals surface area (Å²) in [6, 6.07) is 15.7. The molecule has 0 aliphatic carbocycles. The Morgan fingerprint density at radius 1 is 1.06 bits per heavy atom. The van der Waals surface area contributed by atoms with E-state index in [4.69, 9.17) is 4.74 Å². The monoisotopic (exact) mass is 423 g/mol. The summed E-state index contributed by atoms with van der Waals surface area (Å²) in [6.45, 7) is 1.77. The fourth-order valence-electron chi connectivity index (χ4n) is 3.63. The molecule has 158 valence electrons. The van der Waals surface area contributed by atoms with Gasteiger partial charge < -0.3 is 20.2 Å². The van der Waals surface area contributed by atoms with E-state index in [9.17, 15) is 5.21 Å². The molecular weight excluding hydrogens is 402 g/mol. The number of anilines is 2. The number of ether oxygens (including phenoxy) is 1. The van der Waals surface area contributed by atoms with Gasteiger partial charge >= 0.3 is 0 Å². The van der Waals surface area contributed by atoms with Crippen LogP contribution in [0.1, 0.15) is 16.8 Å². The van der Waals surface area contributed by atoms with Gasteiger partial charge in [0, 0.05) is 58.4 Å². The van der Waals surface area contributed by atoms with Crippen molar-refractivity contribution in [3.8, 4) is 5.75 Å². The summed E-state index contributed by atoms with van der Waals surface area (Å²) in [6.07, 6.45) is 8.81. The molecule has 5 aromatic rings. The van der Waals surface area contributed by atoms with E-state index in [1.165, 1.54) is 6.33 Å². The van der Waals surface area contributed by atoms with E-state index < -0.39 is 0 Å². The van der Waals surface area contributed by atoms with Crippen molar-refractivity contribution in [3.05, 3.63) is 89.3 Å². The molecule has 0 fully saturated rings. The van der Waals surface area contributed by atoms with Gasteiger partial charge in [0.15, 0.2) is 11.9 Å². The second-order valence-electron chi connectivity index (χ2n) is 7.50. The molecular formula is C25H21N5O2. The number of pyridine rings is 1. The van der Waals surface area contributed by atoms with Crippen molar-refractivity contribution in [2.75, 3.05) is 12.4 Å². The number of aryl methyl sites for hydroxylation is 1. The van der Waals surface area contributed by atoms with Gasteiger partial charge in [-0.25, -0.2) is 9.97 Å². The van der Waals surface area contributed by atoms with E-state index in [1.807, 2.05) is 54.7 Å². The van der Waals surface area contributed by atoms with Crippen LogP contribution >= 0.6 is 0 Å². The minimum atomic E-state index is 0.649. The fourth-order valence-corrected chi connectivity index (χ4v) is 3.63. The second-order valence-corrected chi connectivity index (χ2v) is 7.50. The summed E-state index contributed by atoms with van der Waals surface area (Å²) >= 11 is 0. The molecule has 0 saturated heterocycles. The largest absolute Gasteiger partial charge is 0.618 e. The molecule has 0 saturated carbocycles. The summed E-state index contributed by atoms with van der Waals surface area (Å²) < 4.78 is 6.44. The normalized spacial score (nSPS) is 11.4. The molecule has 0 unspecified atom stereocenters. The third-order valence-electron chi connectivity index (χ3n) is 5.39. The zero-order valence-corrected chi connectivity index (χ0v) is 17.7. The van der Waals surface area contributed by atoms with Crippen LogP contribution in [0.15, 0.2) is 67.3 Å². The van der Waals surface area contributed by atoms with E-state index in [1.54, 1.807) is 26.3 Å². The molecule has 2 aromatic carbocycles. The second kappa shape index (κ2) is 8.03. The summed E-state index contributed by atoms with van der Waals surface area (Å²) in [5, 5.41) is 17.3. The molecule has 0 aliphatic rings. The quantitative estimate of drug-likeness (QED) is 0.308. The van der Waals surface area contributed by atoms with Crippen molar-refractivity contribution in [2.45, 2.75) is 6.92 Å². The number of methoxy groups -OCH3 is 1. The number of aromatic amines is 1. The van der Waals surface area contributed by atoms with E-state index in [0.717, 1.165) is 43.4 Å². The van der Waals surface area contributed by atoms with Crippen LogP contribution in [0.3, 0.4) is 0 Å². The molecule has 0 bridgehead atoms. The third-order valence-corrected chi connectivity index (χ3v) is 5.39. The van der Waals surface area contributed by atoms with Gasteiger partial charge in [-0.15, -0.1) is 0 Å². The van der Waals surface area contributed by atoms with Crippen LogP contribution in [0.4, 0.5) is 11.5 Å². The highest BCUT2D eigenvalue weighted by Crippen LogP contribution is 2.31. The molecule has 3 heterocycles. The molecule has 0 aliphatic heterocycles. The maximum Gasteiger partial charge on any atom is 0.189 e. The van der Waals surface area contributed by atoms with Crippen molar-refractivity contribution >= 4 is 45.5 Å². The summed E-state index contributed by atoms with van der Waals surface area (Å²) in [5.41, 5.74) is 5.09. The molecule has 0 radical (unpaired) electrons. The predicted octanol–water partition coefficient (Wildman–Crippen LogP) is 4.98. The van der Waals surface area contributed by atoms with Crippen molar-refractivity contribution in [1.29, 1.82) is 0 Å². The number of nitrogens with one attached hydrogen (secondary N) is 2. The first-order valence-corrected chi connectivity index (χ1v) is 10.2. The maximum absolute atomic E-state index is 11.9. The summed E-state index contributed by atoms with van der Waals surface area (Å²) in [7, 11) is 1.63. The van der Waals surface area contributed by atoms with E-state index >= 15 is 0 Å². The standard InChI is InChI=1S/C25H21N5O2/c1-16-3-4-17(14-30(16)31)5-6-19-12-21-23(13-24(19)32-2)27-15-28-25(21)29-20-7-8-22-18(11-20)9-10-26-22/h3-15,26H,1-2H3,(H,27,28,29). The molecule has 32 heavy (non-hydrogen) atoms. The fraction of sp³-hybridized carbons (Fsp3) is 0.0800. The van der Waals surface area contributed by atoms with Crippen LogP contribution in [0.5, 0.6) is 5.75 Å². The predicted molar refractivity (Wildman–Crippen MR) is 127 cm³/mol. The zero-order valence-electron chi connectivity index (χ0n) is 17.7. The first kappa shape index (κ1) is 19.6. The van der Waals surface area contributed by atoms with Crippen molar-refractivity contribution in [2.24, 2.45) is 0 Å². The lowest BCUT2D eigenvalue weighted by molar-refractivity contribution is -0.612. The number of rotatable bonds is 5. The Morgan fingerprint density at radius 2 is 1.97 bits per heavy atom. The topological polar surface area (TPSA) is 89.8 Å². The van der Waals surface area contributed by atoms with Gasteiger partial charge in [-0.3, -0.25) is 0 Å². The number of hydrogen-bond acceptors (Lipinski definition) is 5. The first-order valence-electron chi connectivity index (χ1n) is 10.2. The summed E-state index contributed by atoms with van der Waals surface area (Å²) in [5.74, 6) is 1.39. The Hall–Kier alpha value is -4.39. The SMILES string of the molecule is COc1cc2ncnc(Nc3ccc4[nH]ccc4c3)c2cc1C=Cc1ccc(C)[n+]([O-])c1. The molecule has 0 atom stereocenters. The molecule has 5 rings (SSSR count). The molecule has 0 spiro atoms. The van der Waals surface area contributed by atoms with Crippen LogP contribution in [0.25, 0.3) is 34.0 Å². The van der Waals surface area contributed by atoms with E-state index in [2.05, 4.69) is 26.3 Å². The van der Waals surface area contributed by atoms with E-state index in [0.29, 0.717) is 17.3 Å². The van der Waals surface area contributed by atoms with Crippen LogP contribution in [0.2, 0.25) is 0 Å². The van der Waals surface area contributed by atoms with Crippen molar-refractivity contribution in [3.63, 3.8) is 0 Å². The number of aromatic nitrogens is 4. The van der Waals surface area contributed by atoms with Gasteiger partial charge in [0.2, 0.25) is 0 Å². The Kier molecular flexibility index (Phi) is 4.91. The molecule has 0 amide bonds. The van der Waals surface area contributed by atoms with Crippen LogP contribution in [-0.2, 0) is 0 Å². The van der Waals surface area contributed by atoms with Crippen LogP contribution in [0, 0.1) is 12.1 Å². The summed E-state index contributed by atoms with van der Waals surface area (Å²) in [4.78, 5) is 12.1. The van der Waals surface area contributed by atoms with Gasteiger partial charge in [0.05, 0.1) is 12.6 Å². The van der Waals surface area contributed by atoms with E-state index in [-0.39, 0.29) is 0 Å². The smallest absolute Gasteiger partial charge is 0.189 e. The lowest BCUT2D eigenvalue weighted by atomic mass is 10.1. The molecule has 3 aromatic heterocycles. The highest BCUT2D eigenvalue weighted by Gasteiger charge is 2.10. The lowest BCUT2D eigenvalue weighted by Crippen LogP contribution is -2.29. The highest BCUT2D eigenvalue weighted by molar-refractivity contribution is 5.95. The van der Waals surface area contributed by atoms with Gasteiger partial charge in [-0.05, 0) is 42.5 Å². The third kappa shape index (κ3) is 3.72. The van der Waals surface area contributed by atoms with Crippen LogP contribution < -0.4 is 14.8 Å². The number of nitrogens with zero attached hydrogens (tertiary/aromatic N) is 3. The minimum absolute atomic E-state index is 0.649. The lowest BCUT2D eigenvalue weighted by Gasteiger charge is -2.11. The maximum atomic E-state index is 11.9. The number of fused-ring (bicyclic) bond motifs is 2.